The van der Waals surface area contributed by atoms with Crippen LogP contribution in [0.1, 0.15) is 15.9 Å². The fourth-order valence-electron chi connectivity index (χ4n) is 1.82. The molecule has 3 aromatic rings. The van der Waals surface area contributed by atoms with Gasteiger partial charge >= 0.3 is 0 Å². The Labute approximate surface area is 118 Å². The zero-order valence-electron chi connectivity index (χ0n) is 9.47. The maximum Gasteiger partial charge on any atom is 0.0957 e. The minimum Gasteiger partial charge on any atom is -0.323 e. The van der Waals surface area contributed by atoms with E-state index in [9.17, 15) is 0 Å². The van der Waals surface area contributed by atoms with E-state index in [2.05, 4.69) is 11.1 Å². The molecule has 2 heterocycles. The molecule has 2 N–H and O–H groups in total. The summed E-state index contributed by atoms with van der Waals surface area (Å²) in [6.07, 6.45) is 0.760. The van der Waals surface area contributed by atoms with Crippen molar-refractivity contribution in [2.45, 2.75) is 12.5 Å². The average molecular weight is 295 g/mol. The summed E-state index contributed by atoms with van der Waals surface area (Å²) >= 11 is 9.17. The van der Waals surface area contributed by atoms with Crippen molar-refractivity contribution in [1.29, 1.82) is 0 Å². The minimum absolute atomic E-state index is 0.0249. The lowest BCUT2D eigenvalue weighted by Gasteiger charge is -2.06. The minimum atomic E-state index is -0.0249. The van der Waals surface area contributed by atoms with Crippen LogP contribution in [0.5, 0.6) is 0 Å². The Kier molecular flexibility index (Phi) is 3.35. The number of rotatable bonds is 3. The van der Waals surface area contributed by atoms with Crippen LogP contribution in [0.15, 0.2) is 36.4 Å². The summed E-state index contributed by atoms with van der Waals surface area (Å²) in [4.78, 5) is 5.71. The first kappa shape index (κ1) is 12.1. The molecular weight excluding hydrogens is 284 g/mol. The Morgan fingerprint density at radius 2 is 2.00 bits per heavy atom. The van der Waals surface area contributed by atoms with Crippen molar-refractivity contribution >= 4 is 44.5 Å². The Morgan fingerprint density at radius 3 is 2.72 bits per heavy atom. The molecule has 2 nitrogen and oxygen atoms in total. The molecule has 3 rings (SSSR count). The van der Waals surface area contributed by atoms with Gasteiger partial charge in [0.05, 0.1) is 19.6 Å². The van der Waals surface area contributed by atoms with Crippen molar-refractivity contribution in [2.75, 3.05) is 0 Å². The Bertz CT molecular complexity index is 641. The van der Waals surface area contributed by atoms with E-state index in [1.807, 2.05) is 30.3 Å². The molecule has 0 saturated heterocycles. The molecule has 0 radical (unpaired) electrons. The summed E-state index contributed by atoms with van der Waals surface area (Å²) in [5, 5.41) is 1.08. The van der Waals surface area contributed by atoms with E-state index in [1.165, 1.54) is 16.0 Å². The molecule has 92 valence electrons. The Hall–Kier alpha value is -0.940. The van der Waals surface area contributed by atoms with Crippen LogP contribution < -0.4 is 5.73 Å². The van der Waals surface area contributed by atoms with Gasteiger partial charge in [-0.15, -0.1) is 22.7 Å². The summed E-state index contributed by atoms with van der Waals surface area (Å²) in [5.41, 5.74) is 7.23. The number of nitrogens with two attached hydrogens (primary N) is 1. The van der Waals surface area contributed by atoms with Gasteiger partial charge in [-0.3, -0.25) is 0 Å². The lowest BCUT2D eigenvalue weighted by Crippen LogP contribution is -2.11. The highest BCUT2D eigenvalue weighted by molar-refractivity contribution is 7.18. The normalized spacial score (nSPS) is 13.0. The lowest BCUT2D eigenvalue weighted by molar-refractivity contribution is 0.733. The van der Waals surface area contributed by atoms with Crippen LogP contribution in [0.2, 0.25) is 4.34 Å². The molecule has 0 aliphatic heterocycles. The van der Waals surface area contributed by atoms with E-state index >= 15 is 0 Å². The number of nitrogens with zero attached hydrogens (tertiary/aromatic N) is 1. The van der Waals surface area contributed by atoms with Gasteiger partial charge in [-0.25, -0.2) is 4.98 Å². The molecule has 1 aromatic carbocycles. The topological polar surface area (TPSA) is 38.9 Å². The van der Waals surface area contributed by atoms with Gasteiger partial charge in [-0.2, -0.15) is 0 Å². The molecule has 0 saturated carbocycles. The second-order valence-corrected chi connectivity index (χ2v) is 6.89. The van der Waals surface area contributed by atoms with Gasteiger partial charge < -0.3 is 5.73 Å². The Balaban J connectivity index is 1.83. The summed E-state index contributed by atoms with van der Waals surface area (Å²) in [7, 11) is 0. The number of thiophene rings is 1. The molecular formula is C13H11ClN2S2. The van der Waals surface area contributed by atoms with Crippen molar-refractivity contribution in [1.82, 2.24) is 4.98 Å². The zero-order chi connectivity index (χ0) is 12.5. The van der Waals surface area contributed by atoms with Gasteiger partial charge in [-0.05, 0) is 24.3 Å². The number of para-hydroxylation sites is 1. The van der Waals surface area contributed by atoms with E-state index < -0.39 is 0 Å². The molecule has 0 aliphatic carbocycles. The molecule has 1 unspecified atom stereocenters. The number of aromatic nitrogens is 1. The third kappa shape index (κ3) is 2.42. The molecule has 0 spiro atoms. The molecule has 0 aliphatic rings. The lowest BCUT2D eigenvalue weighted by atomic mass is 10.2. The first-order valence-corrected chi connectivity index (χ1v) is 7.59. The molecule has 0 bridgehead atoms. The van der Waals surface area contributed by atoms with Crippen molar-refractivity contribution in [3.8, 4) is 0 Å². The largest absolute Gasteiger partial charge is 0.323 e. The summed E-state index contributed by atoms with van der Waals surface area (Å²) in [6.45, 7) is 0. The monoisotopic (exact) mass is 294 g/mol. The van der Waals surface area contributed by atoms with Gasteiger partial charge in [0.15, 0.2) is 0 Å². The highest BCUT2D eigenvalue weighted by Gasteiger charge is 2.12. The quantitative estimate of drug-likeness (QED) is 0.784. The number of halogens is 1. The second kappa shape index (κ2) is 4.97. The van der Waals surface area contributed by atoms with Gasteiger partial charge in [0, 0.05) is 17.3 Å². The van der Waals surface area contributed by atoms with E-state index in [0.29, 0.717) is 0 Å². The first-order chi connectivity index (χ1) is 8.72. The third-order valence-corrected chi connectivity index (χ3v) is 5.11. The number of thiazole rings is 1. The fourth-order valence-corrected chi connectivity index (χ4v) is 3.91. The van der Waals surface area contributed by atoms with Crippen molar-refractivity contribution in [2.24, 2.45) is 5.73 Å². The Morgan fingerprint density at radius 1 is 1.17 bits per heavy atom. The van der Waals surface area contributed by atoms with Crippen LogP contribution in [-0.4, -0.2) is 4.98 Å². The summed E-state index contributed by atoms with van der Waals surface area (Å²) < 4.78 is 1.99. The van der Waals surface area contributed by atoms with Crippen LogP contribution in [0.4, 0.5) is 0 Å². The summed E-state index contributed by atoms with van der Waals surface area (Å²) in [5.74, 6) is 0. The number of hydrogen-bond donors (Lipinski definition) is 1. The van der Waals surface area contributed by atoms with Crippen molar-refractivity contribution < 1.29 is 0 Å². The highest BCUT2D eigenvalue weighted by Crippen LogP contribution is 2.29. The van der Waals surface area contributed by atoms with Crippen LogP contribution >= 0.6 is 34.3 Å². The smallest absolute Gasteiger partial charge is 0.0957 e. The average Bonchev–Trinajstić information content (AvgIpc) is 2.94. The molecule has 18 heavy (non-hydrogen) atoms. The first-order valence-electron chi connectivity index (χ1n) is 5.57. The predicted molar refractivity (Wildman–Crippen MR) is 79.6 cm³/mol. The SMILES string of the molecule is NC(Cc1nc2ccccc2s1)c1ccc(Cl)s1. The van der Waals surface area contributed by atoms with E-state index in [4.69, 9.17) is 17.3 Å². The van der Waals surface area contributed by atoms with Crippen LogP contribution in [0.25, 0.3) is 10.2 Å². The fraction of sp³-hybridized carbons (Fsp3) is 0.154. The van der Waals surface area contributed by atoms with Gasteiger partial charge in [0.2, 0.25) is 0 Å². The molecule has 0 amide bonds. The molecule has 5 heteroatoms. The molecule has 2 aromatic heterocycles. The predicted octanol–water partition coefficient (Wildman–Crippen LogP) is 4.25. The number of hydrogen-bond acceptors (Lipinski definition) is 4. The van der Waals surface area contributed by atoms with Crippen LogP contribution in [0.3, 0.4) is 0 Å². The van der Waals surface area contributed by atoms with Gasteiger partial charge in [-0.1, -0.05) is 23.7 Å². The van der Waals surface area contributed by atoms with E-state index in [0.717, 1.165) is 26.2 Å². The molecule has 1 atom stereocenters. The van der Waals surface area contributed by atoms with Crippen molar-refractivity contribution in [3.05, 3.63) is 50.6 Å². The second-order valence-electron chi connectivity index (χ2n) is 4.03. The number of fused-ring (bicyclic) bond motifs is 1. The van der Waals surface area contributed by atoms with Crippen molar-refractivity contribution in [3.63, 3.8) is 0 Å². The standard InChI is InChI=1S/C13H11ClN2S2/c14-12-6-5-10(17-12)8(15)7-13-16-9-3-1-2-4-11(9)18-13/h1-6,8H,7,15H2. The summed E-state index contributed by atoms with van der Waals surface area (Å²) in [6, 6.07) is 12.0. The van der Waals surface area contributed by atoms with Crippen LogP contribution in [-0.2, 0) is 6.42 Å². The molecule has 0 fully saturated rings. The number of benzene rings is 1. The zero-order valence-corrected chi connectivity index (χ0v) is 11.9. The highest BCUT2D eigenvalue weighted by atomic mass is 35.5. The maximum absolute atomic E-state index is 6.18. The maximum atomic E-state index is 6.18. The third-order valence-electron chi connectivity index (χ3n) is 2.69. The van der Waals surface area contributed by atoms with Gasteiger partial charge in [0.1, 0.15) is 0 Å². The van der Waals surface area contributed by atoms with E-state index in [-0.39, 0.29) is 6.04 Å². The van der Waals surface area contributed by atoms with Gasteiger partial charge in [0.25, 0.3) is 0 Å². The van der Waals surface area contributed by atoms with E-state index in [1.54, 1.807) is 11.3 Å². The van der Waals surface area contributed by atoms with Crippen LogP contribution in [0, 0.1) is 0 Å².